The van der Waals surface area contributed by atoms with Gasteiger partial charge in [-0.05, 0) is 55.7 Å². The summed E-state index contributed by atoms with van der Waals surface area (Å²) in [6, 6.07) is 10.7. The molecule has 1 saturated heterocycles. The fraction of sp³-hybridized carbons (Fsp3) is 0.381. The van der Waals surface area contributed by atoms with Crippen molar-refractivity contribution in [1.29, 1.82) is 0 Å². The lowest BCUT2D eigenvalue weighted by atomic mass is 10.1. The molecule has 8 heteroatoms. The number of nitrogens with one attached hydrogen (secondary N) is 1. The van der Waals surface area contributed by atoms with Gasteiger partial charge in [-0.15, -0.1) is 0 Å². The van der Waals surface area contributed by atoms with Crippen LogP contribution in [0.3, 0.4) is 0 Å². The molecule has 1 heterocycles. The maximum atomic E-state index is 13.0. The first kappa shape index (κ1) is 21.3. The number of anilines is 1. The highest BCUT2D eigenvalue weighted by atomic mass is 32.2. The third-order valence-electron chi connectivity index (χ3n) is 4.76. The second-order valence-electron chi connectivity index (χ2n) is 7.10. The summed E-state index contributed by atoms with van der Waals surface area (Å²) < 4.78 is 38.2. The number of carbonyl (C=O) groups excluding carboxylic acids is 1. The number of hydrogen-bond acceptors (Lipinski definition) is 5. The van der Waals surface area contributed by atoms with Crippen LogP contribution in [0.2, 0.25) is 0 Å². The second kappa shape index (κ2) is 8.94. The molecule has 156 valence electrons. The Labute approximate surface area is 171 Å². The molecule has 0 aliphatic carbocycles. The van der Waals surface area contributed by atoms with Crippen LogP contribution in [-0.2, 0) is 19.6 Å². The van der Waals surface area contributed by atoms with Crippen LogP contribution < -0.4 is 10.1 Å². The van der Waals surface area contributed by atoms with Crippen LogP contribution in [0, 0.1) is 20.8 Å². The monoisotopic (exact) mass is 418 g/mol. The van der Waals surface area contributed by atoms with E-state index in [1.807, 2.05) is 32.0 Å². The van der Waals surface area contributed by atoms with Gasteiger partial charge in [0.05, 0.1) is 18.1 Å². The van der Waals surface area contributed by atoms with Gasteiger partial charge in [0.25, 0.3) is 5.91 Å². The van der Waals surface area contributed by atoms with E-state index in [9.17, 15) is 13.2 Å². The molecule has 0 saturated carbocycles. The van der Waals surface area contributed by atoms with Crippen LogP contribution in [0.1, 0.15) is 16.7 Å². The average molecular weight is 419 g/mol. The molecule has 0 spiro atoms. The van der Waals surface area contributed by atoms with Crippen LogP contribution in [0.15, 0.2) is 41.3 Å². The van der Waals surface area contributed by atoms with Gasteiger partial charge in [0.15, 0.2) is 6.61 Å². The number of rotatable bonds is 6. The Hall–Kier alpha value is -2.42. The minimum Gasteiger partial charge on any atom is -0.483 e. The van der Waals surface area contributed by atoms with Crippen molar-refractivity contribution in [3.8, 4) is 5.75 Å². The van der Waals surface area contributed by atoms with E-state index in [0.29, 0.717) is 43.3 Å². The normalized spacial score (nSPS) is 15.1. The largest absolute Gasteiger partial charge is 0.483 e. The fourth-order valence-electron chi connectivity index (χ4n) is 3.08. The van der Waals surface area contributed by atoms with Crippen LogP contribution in [0.4, 0.5) is 5.69 Å². The predicted octanol–water partition coefficient (Wildman–Crippen LogP) is 2.65. The summed E-state index contributed by atoms with van der Waals surface area (Å²) in [5, 5.41) is 2.72. The van der Waals surface area contributed by atoms with Gasteiger partial charge >= 0.3 is 0 Å². The molecular formula is C21H26N2O5S. The van der Waals surface area contributed by atoms with E-state index >= 15 is 0 Å². The number of carbonyl (C=O) groups is 1. The van der Waals surface area contributed by atoms with E-state index in [1.54, 1.807) is 19.1 Å². The minimum atomic E-state index is -3.65. The number of aryl methyl sites for hydroxylation is 3. The molecule has 29 heavy (non-hydrogen) atoms. The van der Waals surface area contributed by atoms with Crippen LogP contribution in [0.25, 0.3) is 0 Å². The van der Waals surface area contributed by atoms with E-state index in [0.717, 1.165) is 11.1 Å². The van der Waals surface area contributed by atoms with Gasteiger partial charge in [-0.25, -0.2) is 8.42 Å². The Balaban J connectivity index is 1.70. The predicted molar refractivity (Wildman–Crippen MR) is 111 cm³/mol. The Bertz CT molecular complexity index is 998. The van der Waals surface area contributed by atoms with Gasteiger partial charge in [-0.1, -0.05) is 18.2 Å². The first-order valence-corrected chi connectivity index (χ1v) is 10.9. The zero-order valence-corrected chi connectivity index (χ0v) is 17.7. The molecule has 0 aromatic heterocycles. The van der Waals surface area contributed by atoms with Crippen molar-refractivity contribution < 1.29 is 22.7 Å². The van der Waals surface area contributed by atoms with Gasteiger partial charge in [0.2, 0.25) is 10.0 Å². The molecule has 1 aliphatic heterocycles. The van der Waals surface area contributed by atoms with Crippen molar-refractivity contribution in [3.63, 3.8) is 0 Å². The SMILES string of the molecule is Cc1ccc(C)c(OCC(=O)Nc2ccc(C)c(S(=O)(=O)N3CCOCC3)c2)c1. The maximum absolute atomic E-state index is 13.0. The second-order valence-corrected chi connectivity index (χ2v) is 9.01. The summed E-state index contributed by atoms with van der Waals surface area (Å²) in [6.45, 7) is 6.84. The molecule has 7 nitrogen and oxygen atoms in total. The van der Waals surface area contributed by atoms with Crippen molar-refractivity contribution in [2.45, 2.75) is 25.7 Å². The fourth-order valence-corrected chi connectivity index (χ4v) is 4.74. The first-order chi connectivity index (χ1) is 13.8. The smallest absolute Gasteiger partial charge is 0.262 e. The van der Waals surface area contributed by atoms with Gasteiger partial charge in [0, 0.05) is 18.8 Å². The zero-order chi connectivity index (χ0) is 21.0. The first-order valence-electron chi connectivity index (χ1n) is 9.46. The molecule has 0 atom stereocenters. The zero-order valence-electron chi connectivity index (χ0n) is 16.9. The van der Waals surface area contributed by atoms with Crippen LogP contribution >= 0.6 is 0 Å². The Morgan fingerprint density at radius 2 is 1.76 bits per heavy atom. The topological polar surface area (TPSA) is 84.9 Å². The van der Waals surface area contributed by atoms with Gasteiger partial charge in [-0.3, -0.25) is 4.79 Å². The lowest BCUT2D eigenvalue weighted by Crippen LogP contribution is -2.40. The summed E-state index contributed by atoms with van der Waals surface area (Å²) in [4.78, 5) is 12.5. The maximum Gasteiger partial charge on any atom is 0.262 e. The molecular weight excluding hydrogens is 392 g/mol. The molecule has 0 unspecified atom stereocenters. The Morgan fingerprint density at radius 1 is 1.07 bits per heavy atom. The number of morpholine rings is 1. The van der Waals surface area contributed by atoms with Crippen LogP contribution in [-0.4, -0.2) is 51.5 Å². The number of nitrogens with zero attached hydrogens (tertiary/aromatic N) is 1. The van der Waals surface area contributed by atoms with Gasteiger partial charge in [0.1, 0.15) is 5.75 Å². The third kappa shape index (κ3) is 5.14. The lowest BCUT2D eigenvalue weighted by molar-refractivity contribution is -0.118. The van der Waals surface area contributed by atoms with E-state index in [-0.39, 0.29) is 17.4 Å². The molecule has 1 N–H and O–H groups in total. The molecule has 3 rings (SSSR count). The van der Waals surface area contributed by atoms with E-state index in [1.165, 1.54) is 10.4 Å². The van der Waals surface area contributed by atoms with Crippen molar-refractivity contribution in [2.75, 3.05) is 38.2 Å². The van der Waals surface area contributed by atoms with E-state index in [2.05, 4.69) is 5.32 Å². The lowest BCUT2D eigenvalue weighted by Gasteiger charge is -2.26. The van der Waals surface area contributed by atoms with Crippen molar-refractivity contribution >= 4 is 21.6 Å². The number of sulfonamides is 1. The molecule has 0 bridgehead atoms. The third-order valence-corrected chi connectivity index (χ3v) is 6.80. The van der Waals surface area contributed by atoms with E-state index < -0.39 is 10.0 Å². The minimum absolute atomic E-state index is 0.163. The van der Waals surface area contributed by atoms with E-state index in [4.69, 9.17) is 9.47 Å². The quantitative estimate of drug-likeness (QED) is 0.780. The highest BCUT2D eigenvalue weighted by Gasteiger charge is 2.28. The highest BCUT2D eigenvalue weighted by Crippen LogP contribution is 2.24. The van der Waals surface area contributed by atoms with Crippen molar-refractivity contribution in [3.05, 3.63) is 53.1 Å². The molecule has 2 aromatic rings. The Morgan fingerprint density at radius 3 is 2.48 bits per heavy atom. The molecule has 2 aromatic carbocycles. The average Bonchev–Trinajstić information content (AvgIpc) is 2.70. The van der Waals surface area contributed by atoms with Crippen molar-refractivity contribution in [2.24, 2.45) is 0 Å². The van der Waals surface area contributed by atoms with Crippen LogP contribution in [0.5, 0.6) is 5.75 Å². The van der Waals surface area contributed by atoms with Gasteiger partial charge in [-0.2, -0.15) is 4.31 Å². The summed E-state index contributed by atoms with van der Waals surface area (Å²) in [5.74, 6) is 0.295. The number of ether oxygens (including phenoxy) is 2. The Kier molecular flexibility index (Phi) is 6.56. The number of amides is 1. The molecule has 0 radical (unpaired) electrons. The number of hydrogen-bond donors (Lipinski definition) is 1. The highest BCUT2D eigenvalue weighted by molar-refractivity contribution is 7.89. The molecule has 1 aliphatic rings. The summed E-state index contributed by atoms with van der Waals surface area (Å²) >= 11 is 0. The summed E-state index contributed by atoms with van der Waals surface area (Å²) in [5.41, 5.74) is 3.03. The standard InChI is InChI=1S/C21H26N2O5S/c1-15-4-5-16(2)19(12-15)28-14-21(24)22-18-7-6-17(3)20(13-18)29(25,26)23-8-10-27-11-9-23/h4-7,12-13H,8-11,14H2,1-3H3,(H,22,24). The summed E-state index contributed by atoms with van der Waals surface area (Å²) in [7, 11) is -3.65. The molecule has 1 fully saturated rings. The molecule has 1 amide bonds. The van der Waals surface area contributed by atoms with Gasteiger partial charge < -0.3 is 14.8 Å². The number of benzene rings is 2. The van der Waals surface area contributed by atoms with Crippen molar-refractivity contribution in [1.82, 2.24) is 4.31 Å². The summed E-state index contributed by atoms with van der Waals surface area (Å²) in [6.07, 6.45) is 0.